The minimum Gasteiger partial charge on any atom is -0.478 e. The Balaban J connectivity index is 1.73. The quantitative estimate of drug-likeness (QED) is 0.232. The topological polar surface area (TPSA) is 122 Å². The summed E-state index contributed by atoms with van der Waals surface area (Å²) in [7, 11) is -4.28. The summed E-state index contributed by atoms with van der Waals surface area (Å²) in [5, 5.41) is 21.2. The van der Waals surface area contributed by atoms with Gasteiger partial charge in [0.25, 0.3) is 15.6 Å². The van der Waals surface area contributed by atoms with Gasteiger partial charge in [0.1, 0.15) is 16.8 Å². The molecule has 3 heterocycles. The number of nitrogens with zero attached hydrogens (tertiary/aromatic N) is 3. The Morgan fingerprint density at radius 3 is 2.47 bits per heavy atom. The predicted molar refractivity (Wildman–Crippen MR) is 162 cm³/mol. The molecule has 11 heteroatoms. The Hall–Kier alpha value is -5.31. The molecule has 8 nitrogen and oxygen atoms in total. The van der Waals surface area contributed by atoms with Crippen molar-refractivity contribution in [3.05, 3.63) is 129 Å². The average molecular weight is 610 g/mol. The Morgan fingerprint density at radius 1 is 1.00 bits per heavy atom. The van der Waals surface area contributed by atoms with E-state index >= 15 is 0 Å². The molecule has 0 saturated carbocycles. The second kappa shape index (κ2) is 10.5. The molecule has 43 heavy (non-hydrogen) atoms. The molecule has 0 saturated heterocycles. The number of carbonyl (C=O) groups is 1. The summed E-state index contributed by atoms with van der Waals surface area (Å²) < 4.78 is 45.9. The summed E-state index contributed by atoms with van der Waals surface area (Å²) in [4.78, 5) is 24.6. The SMILES string of the molecule is Cc1ccc(S(=O)(=O)n2c(-c3cccc(-n4ccc(C(=O)O)cc4=O)c3)c(-c3ccsc3C#N)c3cc(F)ccc32)cc1. The van der Waals surface area contributed by atoms with Crippen LogP contribution in [0.2, 0.25) is 0 Å². The van der Waals surface area contributed by atoms with Gasteiger partial charge in [-0.15, -0.1) is 11.3 Å². The zero-order valence-electron chi connectivity index (χ0n) is 22.4. The van der Waals surface area contributed by atoms with Crippen LogP contribution in [0.3, 0.4) is 0 Å². The molecule has 0 spiro atoms. The summed E-state index contributed by atoms with van der Waals surface area (Å²) >= 11 is 1.17. The highest BCUT2D eigenvalue weighted by Gasteiger charge is 2.30. The van der Waals surface area contributed by atoms with Gasteiger partial charge in [-0.2, -0.15) is 5.26 Å². The Morgan fingerprint density at radius 2 is 1.77 bits per heavy atom. The van der Waals surface area contributed by atoms with E-state index in [0.29, 0.717) is 27.3 Å². The first-order valence-corrected chi connectivity index (χ1v) is 15.1. The number of hydrogen-bond donors (Lipinski definition) is 1. The standard InChI is InChI=1S/C32H20FN3O5S2/c1-19-5-8-24(9-6-19)43(40,41)36-27-10-7-22(33)17-26(27)30(25-12-14-42-28(25)18-34)31(36)20-3-2-4-23(15-20)35-13-11-21(32(38)39)16-29(35)37/h2-17H,1H3,(H,38,39). The lowest BCUT2D eigenvalue weighted by Crippen LogP contribution is -2.18. The maximum atomic E-state index is 14.8. The molecular formula is C32H20FN3O5S2. The molecule has 212 valence electrons. The van der Waals surface area contributed by atoms with Crippen molar-refractivity contribution in [1.29, 1.82) is 5.26 Å². The lowest BCUT2D eigenvalue weighted by molar-refractivity contribution is 0.0696. The number of thiophene rings is 1. The van der Waals surface area contributed by atoms with Gasteiger partial charge >= 0.3 is 5.97 Å². The molecule has 0 bridgehead atoms. The second-order valence-electron chi connectivity index (χ2n) is 9.72. The first-order valence-electron chi connectivity index (χ1n) is 12.8. The summed E-state index contributed by atoms with van der Waals surface area (Å²) in [6.45, 7) is 1.84. The summed E-state index contributed by atoms with van der Waals surface area (Å²) in [6, 6.07) is 22.8. The number of aromatic nitrogens is 2. The van der Waals surface area contributed by atoms with Crippen molar-refractivity contribution < 1.29 is 22.7 Å². The highest BCUT2D eigenvalue weighted by atomic mass is 32.2. The molecule has 0 atom stereocenters. The van der Waals surface area contributed by atoms with Crippen LogP contribution in [0.4, 0.5) is 4.39 Å². The van der Waals surface area contributed by atoms with Gasteiger partial charge in [-0.25, -0.2) is 21.6 Å². The average Bonchev–Trinajstić information content (AvgIpc) is 3.59. The van der Waals surface area contributed by atoms with E-state index in [4.69, 9.17) is 0 Å². The number of benzene rings is 3. The van der Waals surface area contributed by atoms with Crippen LogP contribution in [0.1, 0.15) is 20.8 Å². The highest BCUT2D eigenvalue weighted by Crippen LogP contribution is 2.45. The van der Waals surface area contributed by atoms with Gasteiger partial charge in [0.05, 0.1) is 21.7 Å². The number of carboxylic acid groups (broad SMARTS) is 1. The molecule has 6 rings (SSSR count). The third-order valence-corrected chi connectivity index (χ3v) is 9.59. The van der Waals surface area contributed by atoms with E-state index in [-0.39, 0.29) is 27.1 Å². The van der Waals surface area contributed by atoms with Crippen molar-refractivity contribution in [2.75, 3.05) is 0 Å². The van der Waals surface area contributed by atoms with Crippen LogP contribution in [-0.4, -0.2) is 28.0 Å². The van der Waals surface area contributed by atoms with Crippen molar-refractivity contribution in [1.82, 2.24) is 8.54 Å². The highest BCUT2D eigenvalue weighted by molar-refractivity contribution is 7.90. The molecule has 0 radical (unpaired) electrons. The van der Waals surface area contributed by atoms with Crippen molar-refractivity contribution in [3.63, 3.8) is 0 Å². The molecule has 1 N–H and O–H groups in total. The van der Waals surface area contributed by atoms with E-state index in [1.165, 1.54) is 58.5 Å². The Labute approximate surface area is 248 Å². The fourth-order valence-electron chi connectivity index (χ4n) is 5.06. The number of aryl methyl sites for hydroxylation is 1. The van der Waals surface area contributed by atoms with Crippen molar-refractivity contribution in [3.8, 4) is 34.1 Å². The first kappa shape index (κ1) is 27.8. The van der Waals surface area contributed by atoms with Gasteiger partial charge in [-0.05, 0) is 66.9 Å². The monoisotopic (exact) mass is 609 g/mol. The molecule has 3 aromatic heterocycles. The molecule has 0 fully saturated rings. The molecule has 0 aliphatic heterocycles. The van der Waals surface area contributed by atoms with Crippen LogP contribution < -0.4 is 5.56 Å². The van der Waals surface area contributed by atoms with Crippen LogP contribution in [0, 0.1) is 24.1 Å². The normalized spacial score (nSPS) is 11.5. The fourth-order valence-corrected chi connectivity index (χ4v) is 7.29. The zero-order valence-corrected chi connectivity index (χ0v) is 24.0. The van der Waals surface area contributed by atoms with E-state index in [9.17, 15) is 32.8 Å². The predicted octanol–water partition coefficient (Wildman–Crippen LogP) is 6.44. The Bertz CT molecular complexity index is 2290. The third-order valence-electron chi connectivity index (χ3n) is 7.05. The number of carboxylic acids is 1. The summed E-state index contributed by atoms with van der Waals surface area (Å²) in [5.74, 6) is -1.83. The van der Waals surface area contributed by atoms with Crippen molar-refractivity contribution >= 4 is 38.2 Å². The lowest BCUT2D eigenvalue weighted by Gasteiger charge is -2.15. The van der Waals surface area contributed by atoms with Crippen LogP contribution in [0.15, 0.2) is 106 Å². The fraction of sp³-hybridized carbons (Fsp3) is 0.0312. The molecule has 6 aromatic rings. The Kier molecular flexibility index (Phi) is 6.80. The molecule has 3 aromatic carbocycles. The van der Waals surface area contributed by atoms with Crippen molar-refractivity contribution in [2.45, 2.75) is 11.8 Å². The second-order valence-corrected chi connectivity index (χ2v) is 12.4. The maximum Gasteiger partial charge on any atom is 0.335 e. The number of aromatic carboxylic acids is 1. The van der Waals surface area contributed by atoms with Gasteiger partial charge < -0.3 is 5.11 Å². The van der Waals surface area contributed by atoms with E-state index < -0.39 is 27.4 Å². The zero-order chi connectivity index (χ0) is 30.5. The minimum absolute atomic E-state index is 0.00887. The van der Waals surface area contributed by atoms with Gasteiger partial charge in [-0.1, -0.05) is 29.8 Å². The summed E-state index contributed by atoms with van der Waals surface area (Å²) in [6.07, 6.45) is 1.33. The van der Waals surface area contributed by atoms with E-state index in [0.717, 1.165) is 15.6 Å². The van der Waals surface area contributed by atoms with Gasteiger partial charge in [0.2, 0.25) is 0 Å². The number of halogens is 1. The number of rotatable bonds is 6. The largest absolute Gasteiger partial charge is 0.478 e. The number of hydrogen-bond acceptors (Lipinski definition) is 6. The van der Waals surface area contributed by atoms with Crippen molar-refractivity contribution in [2.24, 2.45) is 0 Å². The molecule has 0 aliphatic rings. The van der Waals surface area contributed by atoms with Gasteiger partial charge in [-0.3, -0.25) is 9.36 Å². The van der Waals surface area contributed by atoms with Crippen LogP contribution >= 0.6 is 11.3 Å². The number of fused-ring (bicyclic) bond motifs is 1. The first-order chi connectivity index (χ1) is 20.6. The van der Waals surface area contributed by atoms with Crippen LogP contribution in [0.5, 0.6) is 0 Å². The minimum atomic E-state index is -4.28. The molecule has 0 aliphatic carbocycles. The van der Waals surface area contributed by atoms with Crippen LogP contribution in [0.25, 0.3) is 39.0 Å². The summed E-state index contributed by atoms with van der Waals surface area (Å²) in [5.41, 5.74) is 1.95. The molecular weight excluding hydrogens is 590 g/mol. The smallest absolute Gasteiger partial charge is 0.335 e. The number of nitriles is 1. The van der Waals surface area contributed by atoms with E-state index in [1.54, 1.807) is 47.8 Å². The van der Waals surface area contributed by atoms with E-state index in [2.05, 4.69) is 6.07 Å². The molecule has 0 amide bonds. The maximum absolute atomic E-state index is 14.8. The number of pyridine rings is 1. The third kappa shape index (κ3) is 4.72. The van der Waals surface area contributed by atoms with Gasteiger partial charge in [0.15, 0.2) is 0 Å². The molecule has 0 unspecified atom stereocenters. The lowest BCUT2D eigenvalue weighted by atomic mass is 9.98. The van der Waals surface area contributed by atoms with Crippen LogP contribution in [-0.2, 0) is 10.0 Å². The van der Waals surface area contributed by atoms with Gasteiger partial charge in [0, 0.05) is 40.0 Å². The van der Waals surface area contributed by atoms with E-state index in [1.807, 2.05) is 6.92 Å².